The van der Waals surface area contributed by atoms with Crippen molar-refractivity contribution in [2.24, 2.45) is 0 Å². The third kappa shape index (κ3) is 5.38. The number of benzene rings is 2. The molecule has 7 heteroatoms. The van der Waals surface area contributed by atoms with Crippen LogP contribution in [0.15, 0.2) is 59.1 Å². The molecule has 0 spiro atoms. The molecule has 1 N–H and O–H groups in total. The lowest BCUT2D eigenvalue weighted by Crippen LogP contribution is -2.13. The normalized spacial score (nSPS) is 10.6. The van der Waals surface area contributed by atoms with Crippen molar-refractivity contribution in [2.45, 2.75) is 0 Å². The lowest BCUT2D eigenvalue weighted by molar-refractivity contribution is -0.112. The zero-order valence-electron chi connectivity index (χ0n) is 15.5. The fourth-order valence-electron chi connectivity index (χ4n) is 2.32. The van der Waals surface area contributed by atoms with Crippen LogP contribution in [-0.2, 0) is 4.79 Å². The second-order valence-corrected chi connectivity index (χ2v) is 6.34. The Bertz CT molecular complexity index is 948. The average molecular weight is 443 g/mol. The first-order valence-corrected chi connectivity index (χ1v) is 9.00. The lowest BCUT2D eigenvalue weighted by Gasteiger charge is -2.12. The standard InChI is InChI=1S/C21H19BrN2O4/c1-4-8-28-20-18(22)10-14(11-19(20)27-3)9-15(13-23)21(25)24-16-6-5-7-17(12-16)26-2/h4-7,9-12H,1,8H2,2-3H3,(H,24,25)/b15-9+. The zero-order valence-corrected chi connectivity index (χ0v) is 17.1. The number of nitrogens with zero attached hydrogens (tertiary/aromatic N) is 1. The largest absolute Gasteiger partial charge is 0.497 e. The van der Waals surface area contributed by atoms with E-state index in [9.17, 15) is 10.1 Å². The van der Waals surface area contributed by atoms with Gasteiger partial charge in [-0.1, -0.05) is 18.7 Å². The molecule has 0 fully saturated rings. The van der Waals surface area contributed by atoms with Crippen molar-refractivity contribution in [3.8, 4) is 23.3 Å². The molecule has 0 atom stereocenters. The van der Waals surface area contributed by atoms with Crippen LogP contribution in [0.4, 0.5) is 5.69 Å². The molecule has 0 bridgehead atoms. The molecule has 144 valence electrons. The van der Waals surface area contributed by atoms with Gasteiger partial charge in [-0.05, 0) is 51.8 Å². The molecule has 2 aromatic carbocycles. The number of hydrogen-bond donors (Lipinski definition) is 1. The molecule has 0 aliphatic rings. The summed E-state index contributed by atoms with van der Waals surface area (Å²) in [6, 6.07) is 12.2. The minimum atomic E-state index is -0.530. The number of methoxy groups -OCH3 is 2. The van der Waals surface area contributed by atoms with E-state index in [1.807, 2.05) is 6.07 Å². The van der Waals surface area contributed by atoms with Gasteiger partial charge in [-0.2, -0.15) is 5.26 Å². The summed E-state index contributed by atoms with van der Waals surface area (Å²) >= 11 is 3.42. The summed E-state index contributed by atoms with van der Waals surface area (Å²) in [6.45, 7) is 3.93. The summed E-state index contributed by atoms with van der Waals surface area (Å²) in [6.07, 6.45) is 3.09. The highest BCUT2D eigenvalue weighted by Crippen LogP contribution is 2.37. The Kier molecular flexibility index (Phi) is 7.66. The number of nitriles is 1. The highest BCUT2D eigenvalue weighted by atomic mass is 79.9. The smallest absolute Gasteiger partial charge is 0.266 e. The van der Waals surface area contributed by atoms with Crippen LogP contribution in [0.3, 0.4) is 0 Å². The van der Waals surface area contributed by atoms with E-state index in [-0.39, 0.29) is 5.57 Å². The minimum absolute atomic E-state index is 0.0588. The number of anilines is 1. The van der Waals surface area contributed by atoms with Gasteiger partial charge in [-0.25, -0.2) is 0 Å². The molecule has 0 heterocycles. The Morgan fingerprint density at radius 2 is 2.07 bits per heavy atom. The van der Waals surface area contributed by atoms with E-state index in [4.69, 9.17) is 14.2 Å². The molecular weight excluding hydrogens is 424 g/mol. The number of halogens is 1. The molecule has 0 saturated heterocycles. The SMILES string of the molecule is C=CCOc1c(Br)cc(/C=C(\C#N)C(=O)Nc2cccc(OC)c2)cc1OC. The molecule has 0 radical (unpaired) electrons. The van der Waals surface area contributed by atoms with Crippen LogP contribution in [0.5, 0.6) is 17.2 Å². The Labute approximate surface area is 172 Å². The second kappa shape index (κ2) is 10.2. The molecule has 1 amide bonds. The maximum atomic E-state index is 12.5. The molecule has 2 aromatic rings. The molecule has 0 saturated carbocycles. The number of ether oxygens (including phenoxy) is 3. The lowest BCUT2D eigenvalue weighted by atomic mass is 10.1. The Hall–Kier alpha value is -3.24. The maximum Gasteiger partial charge on any atom is 0.266 e. The van der Waals surface area contributed by atoms with Crippen LogP contribution in [0, 0.1) is 11.3 Å². The molecular formula is C21H19BrN2O4. The van der Waals surface area contributed by atoms with Gasteiger partial charge in [0.1, 0.15) is 24.0 Å². The van der Waals surface area contributed by atoms with Crippen molar-refractivity contribution in [3.05, 3.63) is 64.7 Å². The van der Waals surface area contributed by atoms with Crippen molar-refractivity contribution in [1.82, 2.24) is 0 Å². The third-order valence-corrected chi connectivity index (χ3v) is 4.19. The summed E-state index contributed by atoms with van der Waals surface area (Å²) in [5.41, 5.74) is 1.07. The first-order chi connectivity index (χ1) is 13.5. The number of carbonyl (C=O) groups excluding carboxylic acids is 1. The molecule has 0 aromatic heterocycles. The Balaban J connectivity index is 2.30. The quantitative estimate of drug-likeness (QED) is 0.367. The molecule has 0 unspecified atom stereocenters. The van der Waals surface area contributed by atoms with E-state index in [1.165, 1.54) is 20.3 Å². The third-order valence-electron chi connectivity index (χ3n) is 3.60. The topological polar surface area (TPSA) is 80.6 Å². The number of rotatable bonds is 8. The molecule has 2 rings (SSSR count). The molecule has 0 aliphatic heterocycles. The number of amides is 1. The van der Waals surface area contributed by atoms with Gasteiger partial charge in [-0.15, -0.1) is 0 Å². The predicted molar refractivity (Wildman–Crippen MR) is 112 cm³/mol. The highest BCUT2D eigenvalue weighted by molar-refractivity contribution is 9.10. The van der Waals surface area contributed by atoms with E-state index in [0.717, 1.165) is 0 Å². The number of nitrogens with one attached hydrogen (secondary N) is 1. The molecule has 6 nitrogen and oxygen atoms in total. The second-order valence-electron chi connectivity index (χ2n) is 5.49. The van der Waals surface area contributed by atoms with E-state index in [2.05, 4.69) is 27.8 Å². The molecule has 0 aliphatic carbocycles. The van der Waals surface area contributed by atoms with Crippen LogP contribution in [0.25, 0.3) is 6.08 Å². The number of carbonyl (C=O) groups is 1. The average Bonchev–Trinajstić information content (AvgIpc) is 2.70. The van der Waals surface area contributed by atoms with Gasteiger partial charge in [0.25, 0.3) is 5.91 Å². The van der Waals surface area contributed by atoms with Crippen molar-refractivity contribution in [2.75, 3.05) is 26.1 Å². The highest BCUT2D eigenvalue weighted by Gasteiger charge is 2.14. The van der Waals surface area contributed by atoms with E-state index in [0.29, 0.717) is 39.6 Å². The Morgan fingerprint density at radius 3 is 2.71 bits per heavy atom. The van der Waals surface area contributed by atoms with Crippen LogP contribution in [0.2, 0.25) is 0 Å². The van der Waals surface area contributed by atoms with Crippen molar-refractivity contribution < 1.29 is 19.0 Å². The zero-order chi connectivity index (χ0) is 20.5. The fourth-order valence-corrected chi connectivity index (χ4v) is 2.89. The van der Waals surface area contributed by atoms with Gasteiger partial charge in [0, 0.05) is 11.8 Å². The van der Waals surface area contributed by atoms with E-state index in [1.54, 1.807) is 42.5 Å². The van der Waals surface area contributed by atoms with Crippen molar-refractivity contribution >= 4 is 33.6 Å². The summed E-state index contributed by atoms with van der Waals surface area (Å²) in [4.78, 5) is 12.5. The van der Waals surface area contributed by atoms with Gasteiger partial charge >= 0.3 is 0 Å². The Morgan fingerprint density at radius 1 is 1.29 bits per heavy atom. The van der Waals surface area contributed by atoms with Gasteiger partial charge in [0.05, 0.1) is 18.7 Å². The van der Waals surface area contributed by atoms with Gasteiger partial charge in [0.15, 0.2) is 11.5 Å². The van der Waals surface area contributed by atoms with Crippen LogP contribution < -0.4 is 19.5 Å². The van der Waals surface area contributed by atoms with Crippen molar-refractivity contribution in [3.63, 3.8) is 0 Å². The minimum Gasteiger partial charge on any atom is -0.497 e. The fraction of sp³-hybridized carbons (Fsp3) is 0.143. The summed E-state index contributed by atoms with van der Waals surface area (Å²) in [5, 5.41) is 12.1. The summed E-state index contributed by atoms with van der Waals surface area (Å²) in [7, 11) is 3.05. The first-order valence-electron chi connectivity index (χ1n) is 8.20. The summed E-state index contributed by atoms with van der Waals surface area (Å²) < 4.78 is 16.7. The monoisotopic (exact) mass is 442 g/mol. The van der Waals surface area contributed by atoms with Crippen LogP contribution in [0.1, 0.15) is 5.56 Å². The number of hydrogen-bond acceptors (Lipinski definition) is 5. The van der Waals surface area contributed by atoms with Gasteiger partial charge in [0.2, 0.25) is 0 Å². The van der Waals surface area contributed by atoms with Gasteiger partial charge < -0.3 is 19.5 Å². The van der Waals surface area contributed by atoms with Crippen molar-refractivity contribution in [1.29, 1.82) is 5.26 Å². The van der Waals surface area contributed by atoms with Gasteiger partial charge in [-0.3, -0.25) is 4.79 Å². The molecule has 28 heavy (non-hydrogen) atoms. The maximum absolute atomic E-state index is 12.5. The van der Waals surface area contributed by atoms with E-state index < -0.39 is 5.91 Å². The van der Waals surface area contributed by atoms with Crippen LogP contribution >= 0.6 is 15.9 Å². The first kappa shape index (κ1) is 21.1. The van der Waals surface area contributed by atoms with E-state index >= 15 is 0 Å². The predicted octanol–water partition coefficient (Wildman–Crippen LogP) is 4.58. The summed E-state index contributed by atoms with van der Waals surface area (Å²) in [5.74, 6) is 1.05. The van der Waals surface area contributed by atoms with Crippen LogP contribution in [-0.4, -0.2) is 26.7 Å².